The van der Waals surface area contributed by atoms with Crippen LogP contribution >= 0.6 is 0 Å². The molecule has 0 bridgehead atoms. The molecule has 1 atom stereocenters. The Kier molecular flexibility index (Phi) is 4.12. The minimum atomic E-state index is -0.916. The predicted octanol–water partition coefficient (Wildman–Crippen LogP) is 2.48. The molecule has 2 heteroatoms. The fraction of sp³-hybridized carbons (Fsp3) is 0.867. The number of aliphatic hydroxyl groups is 2. The van der Waals surface area contributed by atoms with Crippen molar-refractivity contribution in [2.75, 3.05) is 0 Å². The molecule has 2 rings (SSSR count). The van der Waals surface area contributed by atoms with Gasteiger partial charge in [0.15, 0.2) is 0 Å². The topological polar surface area (TPSA) is 40.5 Å². The largest absolute Gasteiger partial charge is 0.393 e. The van der Waals surface area contributed by atoms with Gasteiger partial charge in [-0.15, -0.1) is 6.42 Å². The Morgan fingerprint density at radius 3 is 1.94 bits per heavy atom. The summed E-state index contributed by atoms with van der Waals surface area (Å²) in [5, 5.41) is 20.4. The lowest BCUT2D eigenvalue weighted by molar-refractivity contribution is -0.0550. The highest BCUT2D eigenvalue weighted by Gasteiger charge is 2.43. The standard InChI is InChI=1S/C15H24O2/c1-2-15(17,12-6-4-3-5-7-12)13-8-10-14(16)11-9-13/h1,12-14,16-17H,3-11H2. The maximum Gasteiger partial charge on any atom is 0.130 e. The van der Waals surface area contributed by atoms with Gasteiger partial charge in [0, 0.05) is 0 Å². The fourth-order valence-electron chi connectivity index (χ4n) is 3.63. The van der Waals surface area contributed by atoms with E-state index in [4.69, 9.17) is 6.42 Å². The Morgan fingerprint density at radius 1 is 0.882 bits per heavy atom. The van der Waals surface area contributed by atoms with E-state index in [0.29, 0.717) is 0 Å². The highest BCUT2D eigenvalue weighted by Crippen LogP contribution is 2.42. The Balaban J connectivity index is 2.05. The maximum absolute atomic E-state index is 10.8. The smallest absolute Gasteiger partial charge is 0.130 e. The Morgan fingerprint density at radius 2 is 1.41 bits per heavy atom. The van der Waals surface area contributed by atoms with E-state index in [-0.39, 0.29) is 17.9 Å². The molecule has 0 heterocycles. The highest BCUT2D eigenvalue weighted by atomic mass is 16.3. The summed E-state index contributed by atoms with van der Waals surface area (Å²) in [4.78, 5) is 0. The van der Waals surface area contributed by atoms with Crippen molar-refractivity contribution in [3.05, 3.63) is 0 Å². The van der Waals surface area contributed by atoms with Crippen LogP contribution in [0.4, 0.5) is 0 Å². The van der Waals surface area contributed by atoms with Crippen molar-refractivity contribution in [1.29, 1.82) is 0 Å². The number of aliphatic hydroxyl groups excluding tert-OH is 1. The summed E-state index contributed by atoms with van der Waals surface area (Å²) in [5.74, 6) is 3.18. The third kappa shape index (κ3) is 2.67. The molecular formula is C15H24O2. The highest BCUT2D eigenvalue weighted by molar-refractivity contribution is 5.14. The van der Waals surface area contributed by atoms with Gasteiger partial charge in [0.1, 0.15) is 5.60 Å². The van der Waals surface area contributed by atoms with Gasteiger partial charge in [0.05, 0.1) is 6.10 Å². The van der Waals surface area contributed by atoms with Gasteiger partial charge in [-0.05, 0) is 50.4 Å². The third-order valence-corrected chi connectivity index (χ3v) is 4.78. The average molecular weight is 236 g/mol. The quantitative estimate of drug-likeness (QED) is 0.723. The van der Waals surface area contributed by atoms with Crippen LogP contribution in [0.3, 0.4) is 0 Å². The second kappa shape index (κ2) is 5.42. The van der Waals surface area contributed by atoms with E-state index < -0.39 is 5.60 Å². The zero-order valence-corrected chi connectivity index (χ0v) is 10.6. The molecule has 96 valence electrons. The first kappa shape index (κ1) is 12.9. The van der Waals surface area contributed by atoms with Crippen molar-refractivity contribution in [3.8, 4) is 12.3 Å². The van der Waals surface area contributed by atoms with Crippen molar-refractivity contribution in [2.45, 2.75) is 69.5 Å². The summed E-state index contributed by atoms with van der Waals surface area (Å²) in [5.41, 5.74) is -0.916. The molecule has 2 aliphatic carbocycles. The van der Waals surface area contributed by atoms with Crippen LogP contribution in [0.15, 0.2) is 0 Å². The summed E-state index contributed by atoms with van der Waals surface area (Å²) < 4.78 is 0. The molecule has 0 aromatic carbocycles. The summed E-state index contributed by atoms with van der Waals surface area (Å²) >= 11 is 0. The fourth-order valence-corrected chi connectivity index (χ4v) is 3.63. The number of rotatable bonds is 2. The van der Waals surface area contributed by atoms with E-state index >= 15 is 0 Å². The molecule has 0 saturated heterocycles. The molecule has 2 fully saturated rings. The second-order valence-corrected chi connectivity index (χ2v) is 5.81. The molecule has 0 aromatic heterocycles. The van der Waals surface area contributed by atoms with E-state index in [9.17, 15) is 10.2 Å². The molecule has 2 nitrogen and oxygen atoms in total. The molecule has 2 saturated carbocycles. The summed E-state index contributed by atoms with van der Waals surface area (Å²) in [6, 6.07) is 0. The Bertz CT molecular complexity index is 280. The van der Waals surface area contributed by atoms with Crippen molar-refractivity contribution in [3.63, 3.8) is 0 Å². The molecule has 0 amide bonds. The summed E-state index contributed by atoms with van der Waals surface area (Å²) in [7, 11) is 0. The summed E-state index contributed by atoms with van der Waals surface area (Å²) in [6.07, 6.45) is 14.6. The normalized spacial score (nSPS) is 34.9. The van der Waals surface area contributed by atoms with Gasteiger partial charge in [-0.2, -0.15) is 0 Å². The monoisotopic (exact) mass is 236 g/mol. The number of hydrogen-bond donors (Lipinski definition) is 2. The van der Waals surface area contributed by atoms with Gasteiger partial charge in [-0.25, -0.2) is 0 Å². The van der Waals surface area contributed by atoms with Crippen LogP contribution in [0.5, 0.6) is 0 Å². The van der Waals surface area contributed by atoms with Gasteiger partial charge in [-0.1, -0.05) is 25.2 Å². The Hall–Kier alpha value is -0.520. The molecule has 1 unspecified atom stereocenters. The number of hydrogen-bond acceptors (Lipinski definition) is 2. The van der Waals surface area contributed by atoms with Gasteiger partial charge >= 0.3 is 0 Å². The van der Waals surface area contributed by atoms with Crippen LogP contribution in [0.2, 0.25) is 0 Å². The molecule has 0 spiro atoms. The lowest BCUT2D eigenvalue weighted by Crippen LogP contribution is -2.46. The van der Waals surface area contributed by atoms with Crippen molar-refractivity contribution >= 4 is 0 Å². The zero-order valence-electron chi connectivity index (χ0n) is 10.6. The third-order valence-electron chi connectivity index (χ3n) is 4.78. The number of terminal acetylenes is 1. The average Bonchev–Trinajstić information content (AvgIpc) is 2.40. The lowest BCUT2D eigenvalue weighted by Gasteiger charge is -2.42. The molecule has 0 aliphatic heterocycles. The minimum Gasteiger partial charge on any atom is -0.393 e. The first-order chi connectivity index (χ1) is 8.16. The molecular weight excluding hydrogens is 212 g/mol. The second-order valence-electron chi connectivity index (χ2n) is 5.81. The van der Waals surface area contributed by atoms with Crippen LogP contribution in [0.25, 0.3) is 0 Å². The van der Waals surface area contributed by atoms with Crippen LogP contribution in [-0.4, -0.2) is 21.9 Å². The van der Waals surface area contributed by atoms with Crippen LogP contribution < -0.4 is 0 Å². The molecule has 2 N–H and O–H groups in total. The van der Waals surface area contributed by atoms with Crippen LogP contribution in [0.1, 0.15) is 57.8 Å². The zero-order chi connectivity index (χ0) is 12.3. The summed E-state index contributed by atoms with van der Waals surface area (Å²) in [6.45, 7) is 0. The van der Waals surface area contributed by atoms with Crippen molar-refractivity contribution < 1.29 is 10.2 Å². The van der Waals surface area contributed by atoms with Crippen LogP contribution in [-0.2, 0) is 0 Å². The molecule has 0 aromatic rings. The first-order valence-corrected chi connectivity index (χ1v) is 7.05. The van der Waals surface area contributed by atoms with E-state index in [2.05, 4.69) is 5.92 Å². The Labute approximate surface area is 104 Å². The SMILES string of the molecule is C#CC(O)(C1CCCCC1)C1CCC(O)CC1. The molecule has 17 heavy (non-hydrogen) atoms. The van der Waals surface area contributed by atoms with Gasteiger partial charge < -0.3 is 10.2 Å². The van der Waals surface area contributed by atoms with Crippen molar-refractivity contribution in [2.24, 2.45) is 11.8 Å². The van der Waals surface area contributed by atoms with Gasteiger partial charge in [-0.3, -0.25) is 0 Å². The van der Waals surface area contributed by atoms with E-state index in [1.165, 1.54) is 19.3 Å². The van der Waals surface area contributed by atoms with Gasteiger partial charge in [0.2, 0.25) is 0 Å². The first-order valence-electron chi connectivity index (χ1n) is 7.05. The minimum absolute atomic E-state index is 0.181. The maximum atomic E-state index is 10.8. The van der Waals surface area contributed by atoms with E-state index in [1.54, 1.807) is 0 Å². The van der Waals surface area contributed by atoms with Crippen molar-refractivity contribution in [1.82, 2.24) is 0 Å². The molecule has 2 aliphatic rings. The lowest BCUT2D eigenvalue weighted by atomic mass is 9.66. The van der Waals surface area contributed by atoms with E-state index in [0.717, 1.165) is 38.5 Å². The van der Waals surface area contributed by atoms with E-state index in [1.807, 2.05) is 0 Å². The predicted molar refractivity (Wildman–Crippen MR) is 68.3 cm³/mol. The molecule has 0 radical (unpaired) electrons. The van der Waals surface area contributed by atoms with Crippen LogP contribution in [0, 0.1) is 24.2 Å². The van der Waals surface area contributed by atoms with Gasteiger partial charge in [0.25, 0.3) is 0 Å².